The van der Waals surface area contributed by atoms with Crippen molar-refractivity contribution in [3.05, 3.63) is 64.1 Å². The van der Waals surface area contributed by atoms with Crippen molar-refractivity contribution in [1.82, 2.24) is 0 Å². The summed E-state index contributed by atoms with van der Waals surface area (Å²) in [5.41, 5.74) is 1.34. The molecular formula is C20H19BrN2O2. The monoisotopic (exact) mass is 398 g/mol. The van der Waals surface area contributed by atoms with Crippen LogP contribution < -0.4 is 10.1 Å². The highest BCUT2D eigenvalue weighted by Gasteiger charge is 2.12. The van der Waals surface area contributed by atoms with Gasteiger partial charge in [0.1, 0.15) is 17.4 Å². The largest absolute Gasteiger partial charge is 0.493 e. The first-order valence-electron chi connectivity index (χ1n) is 8.04. The number of benzene rings is 2. The zero-order valence-corrected chi connectivity index (χ0v) is 15.5. The Bertz CT molecular complexity index is 795. The summed E-state index contributed by atoms with van der Waals surface area (Å²) in [7, 11) is 0. The summed E-state index contributed by atoms with van der Waals surface area (Å²) < 4.78 is 6.62. The number of anilines is 1. The fourth-order valence-corrected chi connectivity index (χ4v) is 2.49. The number of carbonyl (C=O) groups is 1. The van der Waals surface area contributed by atoms with Gasteiger partial charge in [0.05, 0.1) is 6.61 Å². The van der Waals surface area contributed by atoms with Crippen LogP contribution >= 0.6 is 15.9 Å². The summed E-state index contributed by atoms with van der Waals surface area (Å²) in [6, 6.07) is 16.5. The second kappa shape index (κ2) is 9.65. The minimum Gasteiger partial charge on any atom is -0.493 e. The number of amides is 1. The second-order valence-corrected chi connectivity index (χ2v) is 6.29. The number of nitrogens with one attached hydrogen (secondary N) is 1. The van der Waals surface area contributed by atoms with Crippen LogP contribution in [0.15, 0.2) is 58.6 Å². The first-order chi connectivity index (χ1) is 12.1. The van der Waals surface area contributed by atoms with Crippen LogP contribution in [0.25, 0.3) is 6.08 Å². The smallest absolute Gasteiger partial charge is 0.266 e. The Labute approximate surface area is 156 Å². The summed E-state index contributed by atoms with van der Waals surface area (Å²) in [6.07, 6.45) is 3.52. The molecule has 2 aromatic rings. The van der Waals surface area contributed by atoms with Gasteiger partial charge >= 0.3 is 0 Å². The van der Waals surface area contributed by atoms with Crippen LogP contribution in [0.1, 0.15) is 25.3 Å². The van der Waals surface area contributed by atoms with Gasteiger partial charge < -0.3 is 10.1 Å². The molecule has 25 heavy (non-hydrogen) atoms. The van der Waals surface area contributed by atoms with Crippen LogP contribution in [0, 0.1) is 11.3 Å². The van der Waals surface area contributed by atoms with Crippen LogP contribution in [-0.2, 0) is 4.79 Å². The van der Waals surface area contributed by atoms with Crippen molar-refractivity contribution < 1.29 is 9.53 Å². The number of rotatable bonds is 7. The molecule has 0 heterocycles. The first kappa shape index (κ1) is 18.8. The molecule has 0 unspecified atom stereocenters. The molecule has 0 aliphatic rings. The molecule has 0 saturated carbocycles. The lowest BCUT2D eigenvalue weighted by Crippen LogP contribution is -2.13. The van der Waals surface area contributed by atoms with E-state index < -0.39 is 5.91 Å². The quantitative estimate of drug-likeness (QED) is 0.397. The van der Waals surface area contributed by atoms with Crippen LogP contribution in [0.5, 0.6) is 5.75 Å². The van der Waals surface area contributed by atoms with Crippen LogP contribution in [0.2, 0.25) is 0 Å². The Morgan fingerprint density at radius 3 is 2.72 bits per heavy atom. The van der Waals surface area contributed by atoms with E-state index in [4.69, 9.17) is 4.74 Å². The molecule has 0 radical (unpaired) electrons. The molecule has 4 nitrogen and oxygen atoms in total. The van der Waals surface area contributed by atoms with E-state index in [-0.39, 0.29) is 5.57 Å². The summed E-state index contributed by atoms with van der Waals surface area (Å²) in [4.78, 5) is 12.4. The van der Waals surface area contributed by atoms with Gasteiger partial charge in [0.15, 0.2) is 0 Å². The van der Waals surface area contributed by atoms with E-state index in [0.717, 1.165) is 17.3 Å². The number of carbonyl (C=O) groups excluding carboxylic acids is 1. The summed E-state index contributed by atoms with van der Waals surface area (Å²) in [6.45, 7) is 2.69. The normalized spacial score (nSPS) is 10.8. The molecule has 1 N–H and O–H groups in total. The van der Waals surface area contributed by atoms with Gasteiger partial charge in [-0.25, -0.2) is 0 Å². The van der Waals surface area contributed by atoms with E-state index in [1.807, 2.05) is 42.5 Å². The SMILES string of the molecule is CCCCOc1ccc(Br)cc1/C=C(\C#N)C(=O)Nc1ccccc1. The highest BCUT2D eigenvalue weighted by atomic mass is 79.9. The Morgan fingerprint density at radius 2 is 2.04 bits per heavy atom. The molecule has 0 fully saturated rings. The van der Waals surface area contributed by atoms with Crippen molar-refractivity contribution in [2.75, 3.05) is 11.9 Å². The average molecular weight is 399 g/mol. The van der Waals surface area contributed by atoms with Crippen molar-refractivity contribution in [2.45, 2.75) is 19.8 Å². The average Bonchev–Trinajstić information content (AvgIpc) is 2.62. The zero-order chi connectivity index (χ0) is 18.1. The Balaban J connectivity index is 2.24. The number of unbranched alkanes of at least 4 members (excludes halogenated alkanes) is 1. The maximum absolute atomic E-state index is 12.4. The lowest BCUT2D eigenvalue weighted by Gasteiger charge is -2.10. The lowest BCUT2D eigenvalue weighted by atomic mass is 10.1. The maximum Gasteiger partial charge on any atom is 0.266 e. The number of nitrogens with zero attached hydrogens (tertiary/aromatic N) is 1. The zero-order valence-electron chi connectivity index (χ0n) is 14.0. The fourth-order valence-electron chi connectivity index (χ4n) is 2.11. The number of para-hydroxylation sites is 1. The number of nitriles is 1. The third-order valence-corrected chi connectivity index (χ3v) is 3.92. The first-order valence-corrected chi connectivity index (χ1v) is 8.84. The van der Waals surface area contributed by atoms with Crippen molar-refractivity contribution in [3.63, 3.8) is 0 Å². The number of halogens is 1. The number of hydrogen-bond acceptors (Lipinski definition) is 3. The van der Waals surface area contributed by atoms with Gasteiger partial charge in [-0.3, -0.25) is 4.79 Å². The van der Waals surface area contributed by atoms with Gasteiger partial charge in [0.25, 0.3) is 5.91 Å². The lowest BCUT2D eigenvalue weighted by molar-refractivity contribution is -0.112. The van der Waals surface area contributed by atoms with Crippen molar-refractivity contribution in [2.24, 2.45) is 0 Å². The molecule has 0 bridgehead atoms. The standard InChI is InChI=1S/C20H19BrN2O2/c1-2-3-11-25-19-10-9-17(21)13-15(19)12-16(14-22)20(24)23-18-7-5-4-6-8-18/h4-10,12-13H,2-3,11H2,1H3,(H,23,24)/b16-12+. The highest BCUT2D eigenvalue weighted by Crippen LogP contribution is 2.26. The van der Waals surface area contributed by atoms with E-state index in [1.165, 1.54) is 0 Å². The van der Waals surface area contributed by atoms with Crippen molar-refractivity contribution in [1.29, 1.82) is 5.26 Å². The minimum absolute atomic E-state index is 0.0160. The summed E-state index contributed by atoms with van der Waals surface area (Å²) in [5, 5.41) is 12.1. The van der Waals surface area contributed by atoms with E-state index in [0.29, 0.717) is 23.6 Å². The van der Waals surface area contributed by atoms with Crippen molar-refractivity contribution >= 4 is 33.6 Å². The third-order valence-electron chi connectivity index (χ3n) is 3.42. The molecule has 1 amide bonds. The second-order valence-electron chi connectivity index (χ2n) is 5.37. The molecule has 0 aliphatic carbocycles. The van der Waals surface area contributed by atoms with Gasteiger partial charge in [0.2, 0.25) is 0 Å². The summed E-state index contributed by atoms with van der Waals surface area (Å²) in [5.74, 6) is 0.199. The van der Waals surface area contributed by atoms with Crippen LogP contribution in [0.4, 0.5) is 5.69 Å². The predicted octanol–water partition coefficient (Wildman–Crippen LogP) is 5.17. The third kappa shape index (κ3) is 5.77. The topological polar surface area (TPSA) is 62.1 Å². The van der Waals surface area contributed by atoms with E-state index in [2.05, 4.69) is 28.2 Å². The van der Waals surface area contributed by atoms with E-state index in [1.54, 1.807) is 18.2 Å². The molecule has 0 spiro atoms. The van der Waals surface area contributed by atoms with Gasteiger partial charge in [-0.15, -0.1) is 0 Å². The fraction of sp³-hybridized carbons (Fsp3) is 0.200. The van der Waals surface area contributed by atoms with Gasteiger partial charge in [0, 0.05) is 15.7 Å². The molecule has 0 saturated heterocycles. The van der Waals surface area contributed by atoms with Crippen LogP contribution in [0.3, 0.4) is 0 Å². The summed E-state index contributed by atoms with van der Waals surface area (Å²) >= 11 is 3.41. The van der Waals surface area contributed by atoms with Gasteiger partial charge in [-0.05, 0) is 42.8 Å². The Morgan fingerprint density at radius 1 is 1.28 bits per heavy atom. The van der Waals surface area contributed by atoms with E-state index in [9.17, 15) is 10.1 Å². The predicted molar refractivity (Wildman–Crippen MR) is 103 cm³/mol. The number of hydrogen-bond donors (Lipinski definition) is 1. The molecule has 5 heteroatoms. The molecule has 128 valence electrons. The molecule has 2 rings (SSSR count). The Hall–Kier alpha value is -2.58. The van der Waals surface area contributed by atoms with Gasteiger partial charge in [-0.2, -0.15) is 5.26 Å². The maximum atomic E-state index is 12.4. The van der Waals surface area contributed by atoms with E-state index >= 15 is 0 Å². The van der Waals surface area contributed by atoms with Crippen molar-refractivity contribution in [3.8, 4) is 11.8 Å². The van der Waals surface area contributed by atoms with Crippen LogP contribution in [-0.4, -0.2) is 12.5 Å². The number of ether oxygens (including phenoxy) is 1. The molecule has 0 aromatic heterocycles. The van der Waals surface area contributed by atoms with Gasteiger partial charge in [-0.1, -0.05) is 47.5 Å². The Kier molecular flexibility index (Phi) is 7.24. The minimum atomic E-state index is -0.451. The highest BCUT2D eigenvalue weighted by molar-refractivity contribution is 9.10. The molecule has 0 atom stereocenters. The molecule has 2 aromatic carbocycles. The molecular weight excluding hydrogens is 380 g/mol. The molecule has 0 aliphatic heterocycles.